The van der Waals surface area contributed by atoms with Gasteiger partial charge in [-0.15, -0.1) is 0 Å². The maximum atomic E-state index is 5.76. The number of benzene rings is 3. The number of hydrogen-bond donors (Lipinski definition) is 2. The van der Waals surface area contributed by atoms with E-state index in [4.69, 9.17) is 14.7 Å². The molecule has 0 atom stereocenters. The smallest absolute Gasteiger partial charge is 0.225 e. The maximum Gasteiger partial charge on any atom is 0.225 e. The van der Waals surface area contributed by atoms with E-state index in [1.54, 1.807) is 7.11 Å². The lowest BCUT2D eigenvalue weighted by Gasteiger charge is -2.29. The van der Waals surface area contributed by atoms with E-state index >= 15 is 0 Å². The molecule has 6 heteroatoms. The number of hydrogen-bond acceptors (Lipinski definition) is 6. The van der Waals surface area contributed by atoms with E-state index in [1.807, 2.05) is 26.2 Å². The van der Waals surface area contributed by atoms with Crippen molar-refractivity contribution in [3.05, 3.63) is 66.2 Å². The summed E-state index contributed by atoms with van der Waals surface area (Å²) in [6, 6.07) is 21.4. The van der Waals surface area contributed by atoms with Crippen LogP contribution >= 0.6 is 0 Å². The Morgan fingerprint density at radius 2 is 1.63 bits per heavy atom. The second-order valence-electron chi connectivity index (χ2n) is 9.75. The first-order valence-corrected chi connectivity index (χ1v) is 12.6. The molecule has 1 aromatic heterocycles. The van der Waals surface area contributed by atoms with E-state index < -0.39 is 0 Å². The van der Waals surface area contributed by atoms with Gasteiger partial charge in [-0.2, -0.15) is 4.98 Å². The molecule has 1 heterocycles. The number of fused-ring (bicyclic) bond motifs is 2. The van der Waals surface area contributed by atoms with Crippen LogP contribution in [0.25, 0.3) is 21.7 Å². The molecule has 1 aliphatic carbocycles. The highest BCUT2D eigenvalue weighted by Crippen LogP contribution is 2.31. The topological polar surface area (TPSA) is 62.3 Å². The van der Waals surface area contributed by atoms with E-state index in [2.05, 4.69) is 64.1 Å². The lowest BCUT2D eigenvalue weighted by Crippen LogP contribution is -2.31. The summed E-state index contributed by atoms with van der Waals surface area (Å²) < 4.78 is 5.76. The molecule has 3 aromatic carbocycles. The highest BCUT2D eigenvalue weighted by atomic mass is 16.5. The van der Waals surface area contributed by atoms with Crippen LogP contribution in [0, 0.1) is 5.92 Å². The minimum absolute atomic E-state index is 0.419. The Morgan fingerprint density at radius 3 is 2.40 bits per heavy atom. The van der Waals surface area contributed by atoms with Gasteiger partial charge < -0.3 is 20.3 Å². The van der Waals surface area contributed by atoms with Crippen molar-refractivity contribution in [3.8, 4) is 5.75 Å². The van der Waals surface area contributed by atoms with Gasteiger partial charge in [-0.25, -0.2) is 4.98 Å². The number of anilines is 2. The van der Waals surface area contributed by atoms with Crippen LogP contribution in [0.4, 0.5) is 11.8 Å². The van der Waals surface area contributed by atoms with E-state index in [-0.39, 0.29) is 0 Å². The number of rotatable bonds is 8. The first kappa shape index (κ1) is 23.4. The molecule has 1 fully saturated rings. The van der Waals surface area contributed by atoms with Crippen molar-refractivity contribution in [1.82, 2.24) is 15.3 Å². The molecule has 0 amide bonds. The molecule has 1 saturated carbocycles. The van der Waals surface area contributed by atoms with Gasteiger partial charge in [0.25, 0.3) is 0 Å². The van der Waals surface area contributed by atoms with Gasteiger partial charge in [0.1, 0.15) is 11.6 Å². The van der Waals surface area contributed by atoms with Crippen LogP contribution in [0.15, 0.2) is 60.7 Å². The van der Waals surface area contributed by atoms with Crippen molar-refractivity contribution in [2.45, 2.75) is 38.3 Å². The van der Waals surface area contributed by atoms with Crippen LogP contribution in [0.3, 0.4) is 0 Å². The van der Waals surface area contributed by atoms with Crippen molar-refractivity contribution < 1.29 is 4.74 Å². The molecular weight excluding hydrogens is 434 g/mol. The Morgan fingerprint density at radius 1 is 0.886 bits per heavy atom. The number of ether oxygens (including phenoxy) is 1. The summed E-state index contributed by atoms with van der Waals surface area (Å²) in [6.45, 7) is 1.85. The van der Waals surface area contributed by atoms with E-state index in [0.29, 0.717) is 12.0 Å². The summed E-state index contributed by atoms with van der Waals surface area (Å²) in [5.41, 5.74) is 2.20. The third kappa shape index (κ3) is 5.17. The van der Waals surface area contributed by atoms with Crippen LogP contribution in [0.1, 0.15) is 31.2 Å². The SMILES string of the molecule is COc1c(CNC[C@H]2CC[C@@H](Nc3nc(N(C)C)c4ccccc4n3)CC2)ccc2ccccc12. The molecule has 5 rings (SSSR count). The van der Waals surface area contributed by atoms with Gasteiger partial charge in [0, 0.05) is 43.0 Å². The molecule has 4 aromatic rings. The second kappa shape index (κ2) is 10.5. The summed E-state index contributed by atoms with van der Waals surface area (Å²) in [5.74, 6) is 3.36. The second-order valence-corrected chi connectivity index (χ2v) is 9.75. The van der Waals surface area contributed by atoms with Gasteiger partial charge in [-0.3, -0.25) is 0 Å². The van der Waals surface area contributed by atoms with Crippen LogP contribution in [-0.2, 0) is 6.54 Å². The Balaban J connectivity index is 1.15. The van der Waals surface area contributed by atoms with Crippen LogP contribution in [-0.4, -0.2) is 43.8 Å². The number of para-hydroxylation sites is 1. The van der Waals surface area contributed by atoms with Crippen LogP contribution in [0.2, 0.25) is 0 Å². The van der Waals surface area contributed by atoms with Gasteiger partial charge in [-0.1, -0.05) is 48.5 Å². The lowest BCUT2D eigenvalue weighted by molar-refractivity contribution is 0.323. The largest absolute Gasteiger partial charge is 0.496 e. The van der Waals surface area contributed by atoms with Crippen molar-refractivity contribution in [1.29, 1.82) is 0 Å². The van der Waals surface area contributed by atoms with Crippen molar-refractivity contribution in [3.63, 3.8) is 0 Å². The van der Waals surface area contributed by atoms with E-state index in [1.165, 1.54) is 29.2 Å². The fourth-order valence-corrected chi connectivity index (χ4v) is 5.24. The van der Waals surface area contributed by atoms with Gasteiger partial charge in [0.05, 0.1) is 12.6 Å². The molecule has 35 heavy (non-hydrogen) atoms. The Hall–Kier alpha value is -3.38. The van der Waals surface area contributed by atoms with Gasteiger partial charge in [0.2, 0.25) is 5.95 Å². The zero-order valence-corrected chi connectivity index (χ0v) is 20.9. The average molecular weight is 470 g/mol. The van der Waals surface area contributed by atoms with Gasteiger partial charge >= 0.3 is 0 Å². The van der Waals surface area contributed by atoms with Crippen LogP contribution < -0.4 is 20.3 Å². The Bertz CT molecular complexity index is 1300. The standard InChI is InChI=1S/C29H35N5O/c1-34(2)28-25-10-6-7-11-26(25)32-29(33-28)31-23-16-12-20(13-17-23)18-30-19-22-15-14-21-8-4-5-9-24(21)27(22)35-3/h4-11,14-15,20,23,30H,12-13,16-19H2,1-3H3,(H,31,32,33)/t20-,23+. The minimum Gasteiger partial charge on any atom is -0.496 e. The first-order chi connectivity index (χ1) is 17.1. The Kier molecular flexibility index (Phi) is 7.00. The summed E-state index contributed by atoms with van der Waals surface area (Å²) in [7, 11) is 5.83. The fourth-order valence-electron chi connectivity index (χ4n) is 5.24. The van der Waals surface area contributed by atoms with E-state index in [0.717, 1.165) is 54.3 Å². The minimum atomic E-state index is 0.419. The predicted octanol–water partition coefficient (Wildman–Crippen LogP) is 5.62. The summed E-state index contributed by atoms with van der Waals surface area (Å²) in [6.07, 6.45) is 4.68. The summed E-state index contributed by atoms with van der Waals surface area (Å²) in [5, 5.41) is 10.8. The number of nitrogens with one attached hydrogen (secondary N) is 2. The highest BCUT2D eigenvalue weighted by molar-refractivity contribution is 5.90. The third-order valence-corrected chi connectivity index (χ3v) is 7.10. The number of methoxy groups -OCH3 is 1. The zero-order chi connectivity index (χ0) is 24.2. The third-order valence-electron chi connectivity index (χ3n) is 7.10. The fraction of sp³-hybridized carbons (Fsp3) is 0.379. The van der Waals surface area contributed by atoms with E-state index in [9.17, 15) is 0 Å². The van der Waals surface area contributed by atoms with Crippen LogP contribution in [0.5, 0.6) is 5.75 Å². The maximum absolute atomic E-state index is 5.76. The summed E-state index contributed by atoms with van der Waals surface area (Å²) >= 11 is 0. The molecule has 6 nitrogen and oxygen atoms in total. The Labute approximate surface area is 207 Å². The number of aromatic nitrogens is 2. The zero-order valence-electron chi connectivity index (χ0n) is 20.9. The molecule has 2 N–H and O–H groups in total. The average Bonchev–Trinajstić information content (AvgIpc) is 2.89. The molecule has 0 spiro atoms. The number of nitrogens with zero attached hydrogens (tertiary/aromatic N) is 3. The summed E-state index contributed by atoms with van der Waals surface area (Å²) in [4.78, 5) is 11.7. The normalized spacial score (nSPS) is 18.0. The van der Waals surface area contributed by atoms with Gasteiger partial charge in [0.15, 0.2) is 0 Å². The lowest BCUT2D eigenvalue weighted by atomic mass is 9.86. The molecule has 0 bridgehead atoms. The molecule has 0 saturated heterocycles. The molecule has 1 aliphatic rings. The highest BCUT2D eigenvalue weighted by Gasteiger charge is 2.22. The molecule has 182 valence electrons. The van der Waals surface area contributed by atoms with Crippen molar-refractivity contribution >= 4 is 33.4 Å². The predicted molar refractivity (Wildman–Crippen MR) is 145 cm³/mol. The molecular formula is C29H35N5O. The quantitative estimate of drug-likeness (QED) is 0.349. The molecule has 0 unspecified atom stereocenters. The molecule has 0 radical (unpaired) electrons. The van der Waals surface area contributed by atoms with Gasteiger partial charge in [-0.05, 0) is 55.7 Å². The monoisotopic (exact) mass is 469 g/mol. The molecule has 0 aliphatic heterocycles. The van der Waals surface area contributed by atoms with Crippen molar-refractivity contribution in [2.24, 2.45) is 5.92 Å². The van der Waals surface area contributed by atoms with Crippen molar-refractivity contribution in [2.75, 3.05) is 38.0 Å². The first-order valence-electron chi connectivity index (χ1n) is 12.6.